The Balaban J connectivity index is 1.67. The van der Waals surface area contributed by atoms with Gasteiger partial charge in [0.15, 0.2) is 5.60 Å². The fourth-order valence-electron chi connectivity index (χ4n) is 4.58. The summed E-state index contributed by atoms with van der Waals surface area (Å²) < 4.78 is 6.15. The van der Waals surface area contributed by atoms with Gasteiger partial charge in [-0.1, -0.05) is 47.5 Å². The van der Waals surface area contributed by atoms with Gasteiger partial charge in [-0.15, -0.1) is 0 Å². The van der Waals surface area contributed by atoms with Crippen molar-refractivity contribution in [2.75, 3.05) is 33.3 Å². The molecule has 0 saturated carbocycles. The van der Waals surface area contributed by atoms with E-state index in [1.54, 1.807) is 16.8 Å². The molecule has 0 radical (unpaired) electrons. The second-order valence-electron chi connectivity index (χ2n) is 7.99. The zero-order chi connectivity index (χ0) is 19.9. The minimum Gasteiger partial charge on any atom is -0.361 e. The van der Waals surface area contributed by atoms with E-state index in [0.29, 0.717) is 25.3 Å². The standard InChI is InChI=1S/C23H26N2O3/c1-16-11-17(2)13-19(12-16)21(26)25-9-10-28-23(15-25)20(14-24(3)22(23)27)18-7-5-4-6-8-18/h4-8,11-13,20H,9-10,14-15H2,1-3H3/t20-,23-/m0/s1. The highest BCUT2D eigenvalue weighted by atomic mass is 16.5. The van der Waals surface area contributed by atoms with Gasteiger partial charge in [-0.2, -0.15) is 0 Å². The second-order valence-corrected chi connectivity index (χ2v) is 7.99. The molecule has 2 saturated heterocycles. The van der Waals surface area contributed by atoms with Crippen LogP contribution in [0.15, 0.2) is 48.5 Å². The molecule has 0 aliphatic carbocycles. The lowest BCUT2D eigenvalue weighted by Crippen LogP contribution is -2.59. The van der Waals surface area contributed by atoms with Crippen molar-refractivity contribution in [1.82, 2.24) is 9.80 Å². The zero-order valence-electron chi connectivity index (χ0n) is 16.6. The topological polar surface area (TPSA) is 49.9 Å². The number of morpholine rings is 1. The predicted octanol–water partition coefficient (Wildman–Crippen LogP) is 2.77. The van der Waals surface area contributed by atoms with E-state index in [9.17, 15) is 9.59 Å². The summed E-state index contributed by atoms with van der Waals surface area (Å²) >= 11 is 0. The van der Waals surface area contributed by atoms with E-state index < -0.39 is 5.60 Å². The van der Waals surface area contributed by atoms with E-state index >= 15 is 0 Å². The lowest BCUT2D eigenvalue weighted by atomic mass is 9.83. The van der Waals surface area contributed by atoms with Crippen LogP contribution in [-0.2, 0) is 9.53 Å². The Bertz CT molecular complexity index is 891. The summed E-state index contributed by atoms with van der Waals surface area (Å²) in [5.41, 5.74) is 2.85. The van der Waals surface area contributed by atoms with Gasteiger partial charge in [0, 0.05) is 31.6 Å². The Labute approximate surface area is 165 Å². The number of carbonyl (C=O) groups excluding carboxylic acids is 2. The van der Waals surface area contributed by atoms with Crippen molar-refractivity contribution in [2.45, 2.75) is 25.4 Å². The van der Waals surface area contributed by atoms with Crippen molar-refractivity contribution in [2.24, 2.45) is 0 Å². The number of amides is 2. The number of hydrogen-bond acceptors (Lipinski definition) is 3. The van der Waals surface area contributed by atoms with Gasteiger partial charge >= 0.3 is 0 Å². The molecular weight excluding hydrogens is 352 g/mol. The maximum Gasteiger partial charge on any atom is 0.257 e. The van der Waals surface area contributed by atoms with E-state index in [0.717, 1.165) is 16.7 Å². The van der Waals surface area contributed by atoms with Gasteiger partial charge in [0.1, 0.15) is 0 Å². The first kappa shape index (κ1) is 18.7. The molecule has 2 heterocycles. The maximum atomic E-state index is 13.2. The molecule has 2 aliphatic rings. The van der Waals surface area contributed by atoms with Gasteiger partial charge in [-0.25, -0.2) is 0 Å². The van der Waals surface area contributed by atoms with Crippen molar-refractivity contribution >= 4 is 11.8 Å². The molecule has 2 aromatic carbocycles. The van der Waals surface area contributed by atoms with E-state index in [-0.39, 0.29) is 24.3 Å². The molecule has 2 aliphatic heterocycles. The molecule has 5 heteroatoms. The number of likely N-dealkylation sites (N-methyl/N-ethyl adjacent to an activating group) is 1. The Morgan fingerprint density at radius 2 is 1.79 bits per heavy atom. The molecule has 2 amide bonds. The van der Waals surface area contributed by atoms with Crippen LogP contribution in [0.1, 0.15) is 33.0 Å². The molecule has 0 unspecified atom stereocenters. The zero-order valence-corrected chi connectivity index (χ0v) is 16.6. The van der Waals surface area contributed by atoms with Crippen LogP contribution in [0, 0.1) is 13.8 Å². The van der Waals surface area contributed by atoms with Crippen LogP contribution in [0.2, 0.25) is 0 Å². The van der Waals surface area contributed by atoms with Crippen LogP contribution < -0.4 is 0 Å². The summed E-state index contributed by atoms with van der Waals surface area (Å²) in [5.74, 6) is -0.177. The Kier molecular flexibility index (Phi) is 4.71. The van der Waals surface area contributed by atoms with Crippen LogP contribution in [0.3, 0.4) is 0 Å². The second kappa shape index (κ2) is 7.06. The monoisotopic (exact) mass is 378 g/mol. The average molecular weight is 378 g/mol. The van der Waals surface area contributed by atoms with Crippen LogP contribution >= 0.6 is 0 Å². The number of ether oxygens (including phenoxy) is 1. The molecule has 2 aromatic rings. The summed E-state index contributed by atoms with van der Waals surface area (Å²) in [7, 11) is 1.81. The number of hydrogen-bond donors (Lipinski definition) is 0. The van der Waals surface area contributed by atoms with Crippen molar-refractivity contribution in [3.05, 3.63) is 70.8 Å². The number of likely N-dealkylation sites (tertiary alicyclic amines) is 1. The highest BCUT2D eigenvalue weighted by Gasteiger charge is 2.57. The summed E-state index contributed by atoms with van der Waals surface area (Å²) in [6.07, 6.45) is 0. The first-order valence-corrected chi connectivity index (χ1v) is 9.73. The normalized spacial score (nSPS) is 24.8. The molecule has 2 atom stereocenters. The molecule has 5 nitrogen and oxygen atoms in total. The number of rotatable bonds is 2. The fraction of sp³-hybridized carbons (Fsp3) is 0.391. The molecule has 0 bridgehead atoms. The van der Waals surface area contributed by atoms with Crippen molar-refractivity contribution in [3.8, 4) is 0 Å². The van der Waals surface area contributed by atoms with Gasteiger partial charge in [0.2, 0.25) is 0 Å². The summed E-state index contributed by atoms with van der Waals surface area (Å²) in [4.78, 5) is 29.9. The minimum atomic E-state index is -1.01. The summed E-state index contributed by atoms with van der Waals surface area (Å²) in [5, 5.41) is 0. The van der Waals surface area contributed by atoms with Crippen molar-refractivity contribution < 1.29 is 14.3 Å². The van der Waals surface area contributed by atoms with Crippen LogP contribution in [0.25, 0.3) is 0 Å². The Morgan fingerprint density at radius 1 is 1.11 bits per heavy atom. The molecule has 2 fully saturated rings. The first-order valence-electron chi connectivity index (χ1n) is 9.73. The van der Waals surface area contributed by atoms with E-state index in [2.05, 4.69) is 6.07 Å². The van der Waals surface area contributed by atoms with Crippen molar-refractivity contribution in [3.63, 3.8) is 0 Å². The molecule has 1 spiro atoms. The highest BCUT2D eigenvalue weighted by Crippen LogP contribution is 2.41. The largest absolute Gasteiger partial charge is 0.361 e. The first-order chi connectivity index (χ1) is 13.4. The SMILES string of the molecule is Cc1cc(C)cc(C(=O)N2CCO[C@]3(C2)C(=O)N(C)C[C@H]3c2ccccc2)c1. The predicted molar refractivity (Wildman–Crippen MR) is 107 cm³/mol. The molecule has 0 N–H and O–H groups in total. The summed E-state index contributed by atoms with van der Waals surface area (Å²) in [6, 6.07) is 15.9. The van der Waals surface area contributed by atoms with E-state index in [4.69, 9.17) is 4.74 Å². The quantitative estimate of drug-likeness (QED) is 0.807. The van der Waals surface area contributed by atoms with Gasteiger partial charge in [0.25, 0.3) is 11.8 Å². The third-order valence-corrected chi connectivity index (χ3v) is 5.83. The average Bonchev–Trinajstić information content (AvgIpc) is 2.92. The fourth-order valence-corrected chi connectivity index (χ4v) is 4.58. The van der Waals surface area contributed by atoms with Gasteiger partial charge in [-0.05, 0) is 31.5 Å². The van der Waals surface area contributed by atoms with E-state index in [1.807, 2.05) is 56.3 Å². The lowest BCUT2D eigenvalue weighted by molar-refractivity contribution is -0.159. The smallest absolute Gasteiger partial charge is 0.257 e. The number of aryl methyl sites for hydroxylation is 2. The minimum absolute atomic E-state index is 0.0383. The van der Waals surface area contributed by atoms with Crippen molar-refractivity contribution in [1.29, 1.82) is 0 Å². The number of nitrogens with zero attached hydrogens (tertiary/aromatic N) is 2. The lowest BCUT2D eigenvalue weighted by Gasteiger charge is -2.42. The van der Waals surface area contributed by atoms with Crippen LogP contribution in [0.4, 0.5) is 0 Å². The Hall–Kier alpha value is -2.66. The molecule has 0 aromatic heterocycles. The highest BCUT2D eigenvalue weighted by molar-refractivity contribution is 5.96. The van der Waals surface area contributed by atoms with Crippen LogP contribution in [-0.4, -0.2) is 60.5 Å². The molecule has 28 heavy (non-hydrogen) atoms. The van der Waals surface area contributed by atoms with Gasteiger partial charge in [-0.3, -0.25) is 9.59 Å². The third-order valence-electron chi connectivity index (χ3n) is 5.83. The molecule has 4 rings (SSSR count). The third kappa shape index (κ3) is 3.10. The van der Waals surface area contributed by atoms with Gasteiger partial charge in [0.05, 0.1) is 13.2 Å². The Morgan fingerprint density at radius 3 is 2.46 bits per heavy atom. The maximum absolute atomic E-state index is 13.2. The van der Waals surface area contributed by atoms with Crippen LogP contribution in [0.5, 0.6) is 0 Å². The molecule has 146 valence electrons. The summed E-state index contributed by atoms with van der Waals surface area (Å²) in [6.45, 7) is 5.71. The number of carbonyl (C=O) groups is 2. The molecular formula is C23H26N2O3. The number of benzene rings is 2. The van der Waals surface area contributed by atoms with Gasteiger partial charge < -0.3 is 14.5 Å². The van der Waals surface area contributed by atoms with E-state index in [1.165, 1.54) is 0 Å².